The van der Waals surface area contributed by atoms with E-state index in [1.807, 2.05) is 0 Å². The van der Waals surface area contributed by atoms with Crippen LogP contribution in [0.3, 0.4) is 0 Å². The molecule has 0 aromatic heterocycles. The van der Waals surface area contributed by atoms with E-state index < -0.39 is 23.4 Å². The maximum atomic E-state index is 12.4. The summed E-state index contributed by atoms with van der Waals surface area (Å²) in [6.45, 7) is 2.92. The van der Waals surface area contributed by atoms with Crippen molar-refractivity contribution in [2.75, 3.05) is 13.7 Å². The number of phenols is 1. The second kappa shape index (κ2) is 8.00. The highest BCUT2D eigenvalue weighted by Crippen LogP contribution is 2.27. The number of aliphatic carboxylic acids is 1. The molecule has 130 valence electrons. The smallest absolute Gasteiger partial charge is 0.348 e. The number of phenolic OH excluding ortho intramolecular Hbond substituents is 1. The van der Waals surface area contributed by atoms with Crippen molar-refractivity contribution in [1.29, 1.82) is 0 Å². The highest BCUT2D eigenvalue weighted by atomic mass is 16.5. The lowest BCUT2D eigenvalue weighted by molar-refractivity contribution is -0.163. The Labute approximate surface area is 138 Å². The van der Waals surface area contributed by atoms with Crippen molar-refractivity contribution in [3.05, 3.63) is 41.6 Å². The van der Waals surface area contributed by atoms with Crippen LogP contribution in [0.2, 0.25) is 0 Å². The molecule has 1 unspecified atom stereocenters. The molecule has 0 amide bonds. The molecular weight excluding hydrogens is 318 g/mol. The summed E-state index contributed by atoms with van der Waals surface area (Å²) < 4.78 is 9.37. The van der Waals surface area contributed by atoms with Gasteiger partial charge in [-0.2, -0.15) is 0 Å². The van der Waals surface area contributed by atoms with E-state index in [-0.39, 0.29) is 23.6 Å². The first-order valence-corrected chi connectivity index (χ1v) is 7.02. The largest absolute Gasteiger partial charge is 0.508 e. The highest BCUT2D eigenvalue weighted by molar-refractivity contribution is 6.05. The van der Waals surface area contributed by atoms with Crippen LogP contribution < -0.4 is 5.32 Å². The van der Waals surface area contributed by atoms with E-state index >= 15 is 0 Å². The molecule has 0 bridgehead atoms. The molecule has 3 N–H and O–H groups in total. The minimum atomic E-state index is -2.28. The number of carbonyl (C=O) groups is 3. The number of esters is 2. The summed E-state index contributed by atoms with van der Waals surface area (Å²) in [6, 6.07) is 5.04. The van der Waals surface area contributed by atoms with Crippen LogP contribution in [0.5, 0.6) is 5.75 Å². The van der Waals surface area contributed by atoms with Crippen LogP contribution in [-0.4, -0.2) is 41.8 Å². The zero-order chi connectivity index (χ0) is 18.3. The lowest BCUT2D eigenvalue weighted by Gasteiger charge is -2.30. The fraction of sp³-hybridized carbons (Fsp3) is 0.312. The van der Waals surface area contributed by atoms with Crippen LogP contribution in [0.1, 0.15) is 19.4 Å². The molecular formula is C16H19NO7. The van der Waals surface area contributed by atoms with E-state index in [0.717, 1.165) is 6.08 Å². The molecule has 8 nitrogen and oxygen atoms in total. The van der Waals surface area contributed by atoms with Crippen LogP contribution in [-0.2, 0) is 29.4 Å². The third kappa shape index (κ3) is 4.03. The number of benzene rings is 1. The molecule has 0 aliphatic heterocycles. The topological polar surface area (TPSA) is 122 Å². The SMILES string of the molecule is CCOC(=O)C(NC(C)=CC(=O)OC)(C(=O)O)c1ccc(O)cc1. The predicted molar refractivity (Wildman–Crippen MR) is 83.0 cm³/mol. The fourth-order valence-electron chi connectivity index (χ4n) is 2.02. The van der Waals surface area contributed by atoms with Crippen molar-refractivity contribution in [1.82, 2.24) is 5.32 Å². The molecule has 0 saturated heterocycles. The molecule has 1 aromatic carbocycles. The molecule has 8 heteroatoms. The van der Waals surface area contributed by atoms with Crippen molar-refractivity contribution < 1.29 is 34.1 Å². The third-order valence-electron chi connectivity index (χ3n) is 3.12. The third-order valence-corrected chi connectivity index (χ3v) is 3.12. The van der Waals surface area contributed by atoms with Crippen molar-refractivity contribution in [3.8, 4) is 5.75 Å². The van der Waals surface area contributed by atoms with Gasteiger partial charge in [-0.3, -0.25) is 0 Å². The average molecular weight is 337 g/mol. The molecule has 0 fully saturated rings. The van der Waals surface area contributed by atoms with Gasteiger partial charge in [-0.1, -0.05) is 12.1 Å². The van der Waals surface area contributed by atoms with Crippen LogP contribution >= 0.6 is 0 Å². The molecule has 24 heavy (non-hydrogen) atoms. The number of allylic oxidation sites excluding steroid dienone is 1. The van der Waals surface area contributed by atoms with Crippen molar-refractivity contribution in [2.45, 2.75) is 19.4 Å². The summed E-state index contributed by atoms with van der Waals surface area (Å²) in [6.07, 6.45) is 1.01. The van der Waals surface area contributed by atoms with Gasteiger partial charge in [0.05, 0.1) is 13.7 Å². The molecule has 0 heterocycles. The molecule has 0 aliphatic rings. The summed E-state index contributed by atoms with van der Waals surface area (Å²) in [5, 5.41) is 21.6. The molecule has 0 saturated carbocycles. The minimum absolute atomic E-state index is 0.0314. The van der Waals surface area contributed by atoms with Gasteiger partial charge in [-0.25, -0.2) is 14.4 Å². The Bertz CT molecular complexity index is 651. The van der Waals surface area contributed by atoms with Gasteiger partial charge in [0.15, 0.2) is 0 Å². The van der Waals surface area contributed by atoms with E-state index in [9.17, 15) is 24.6 Å². The van der Waals surface area contributed by atoms with Crippen LogP contribution in [0.4, 0.5) is 0 Å². The van der Waals surface area contributed by atoms with Crippen LogP contribution in [0.15, 0.2) is 36.0 Å². The maximum absolute atomic E-state index is 12.4. The zero-order valence-corrected chi connectivity index (χ0v) is 13.5. The van der Waals surface area contributed by atoms with Gasteiger partial charge >= 0.3 is 17.9 Å². The first kappa shape index (κ1) is 19.0. The lowest BCUT2D eigenvalue weighted by atomic mass is 9.89. The molecule has 1 aromatic rings. The van der Waals surface area contributed by atoms with E-state index in [1.54, 1.807) is 6.92 Å². The summed E-state index contributed by atoms with van der Waals surface area (Å²) >= 11 is 0. The minimum Gasteiger partial charge on any atom is -0.508 e. The molecule has 0 spiro atoms. The number of rotatable bonds is 7. The Hall–Kier alpha value is -3.03. The monoisotopic (exact) mass is 337 g/mol. The maximum Gasteiger partial charge on any atom is 0.348 e. The number of hydrogen-bond donors (Lipinski definition) is 3. The van der Waals surface area contributed by atoms with Crippen LogP contribution in [0, 0.1) is 0 Å². The Morgan fingerprint density at radius 1 is 1.25 bits per heavy atom. The number of hydrogen-bond acceptors (Lipinski definition) is 7. The van der Waals surface area contributed by atoms with E-state index in [0.29, 0.717) is 0 Å². The second-order valence-corrected chi connectivity index (χ2v) is 4.80. The number of aromatic hydroxyl groups is 1. The standard InChI is InChI=1S/C16H19NO7/c1-4-24-15(22)16(14(20)21,11-5-7-12(18)8-6-11)17-10(2)9-13(19)23-3/h5-9,17-18H,4H2,1-3H3,(H,20,21). The van der Waals surface area contributed by atoms with Gasteiger partial charge in [-0.15, -0.1) is 0 Å². The number of carboxylic acid groups (broad SMARTS) is 1. The zero-order valence-electron chi connectivity index (χ0n) is 13.5. The Kier molecular flexibility index (Phi) is 6.34. The summed E-state index contributed by atoms with van der Waals surface area (Å²) in [4.78, 5) is 35.7. The second-order valence-electron chi connectivity index (χ2n) is 4.80. The first-order valence-electron chi connectivity index (χ1n) is 7.02. The first-order chi connectivity index (χ1) is 11.3. The average Bonchev–Trinajstić information content (AvgIpc) is 2.53. The van der Waals surface area contributed by atoms with Gasteiger partial charge in [0.2, 0.25) is 0 Å². The van der Waals surface area contributed by atoms with Gasteiger partial charge < -0.3 is 25.0 Å². The number of nitrogens with one attached hydrogen (secondary N) is 1. The molecule has 0 aliphatic carbocycles. The van der Waals surface area contributed by atoms with Gasteiger partial charge in [-0.05, 0) is 26.0 Å². The Balaban J connectivity index is 3.45. The number of ether oxygens (including phenoxy) is 2. The van der Waals surface area contributed by atoms with E-state index in [2.05, 4.69) is 10.1 Å². The van der Waals surface area contributed by atoms with E-state index in [4.69, 9.17) is 4.74 Å². The summed E-state index contributed by atoms with van der Waals surface area (Å²) in [5.41, 5.74) is -2.16. The van der Waals surface area contributed by atoms with Crippen molar-refractivity contribution in [3.63, 3.8) is 0 Å². The van der Waals surface area contributed by atoms with Gasteiger partial charge in [0.25, 0.3) is 5.54 Å². The molecule has 1 atom stereocenters. The number of methoxy groups -OCH3 is 1. The normalized spacial score (nSPS) is 13.5. The summed E-state index contributed by atoms with van der Waals surface area (Å²) in [7, 11) is 1.17. The van der Waals surface area contributed by atoms with Gasteiger partial charge in [0.1, 0.15) is 5.75 Å². The Morgan fingerprint density at radius 3 is 2.29 bits per heavy atom. The molecule has 0 radical (unpaired) electrons. The number of carboxylic acids is 1. The van der Waals surface area contributed by atoms with Crippen LogP contribution in [0.25, 0.3) is 0 Å². The lowest BCUT2D eigenvalue weighted by Crippen LogP contribution is -2.55. The van der Waals surface area contributed by atoms with Gasteiger partial charge in [0, 0.05) is 17.3 Å². The number of carbonyl (C=O) groups excluding carboxylic acids is 2. The Morgan fingerprint density at radius 2 is 1.83 bits per heavy atom. The van der Waals surface area contributed by atoms with Crippen molar-refractivity contribution >= 4 is 17.9 Å². The predicted octanol–water partition coefficient (Wildman–Crippen LogP) is 0.902. The highest BCUT2D eigenvalue weighted by Gasteiger charge is 2.50. The molecule has 1 rings (SSSR count). The van der Waals surface area contributed by atoms with E-state index in [1.165, 1.54) is 38.3 Å². The summed E-state index contributed by atoms with van der Waals surface area (Å²) in [5.74, 6) is -3.39. The quantitative estimate of drug-likeness (QED) is 0.381. The van der Waals surface area contributed by atoms with Crippen molar-refractivity contribution in [2.24, 2.45) is 0 Å². The fourth-order valence-corrected chi connectivity index (χ4v) is 2.02.